The van der Waals surface area contributed by atoms with Crippen molar-refractivity contribution in [2.75, 3.05) is 6.54 Å². The average Bonchev–Trinajstić information content (AvgIpc) is 2.87. The van der Waals surface area contributed by atoms with Crippen molar-refractivity contribution >= 4 is 21.8 Å². The summed E-state index contributed by atoms with van der Waals surface area (Å²) < 4.78 is 6.33. The molecular formula is C12H13BrN4O3. The molecule has 4 N–H and O–H groups in total. The number of halogens is 1. The van der Waals surface area contributed by atoms with Crippen LogP contribution in [0.4, 0.5) is 0 Å². The number of aromatic nitrogens is 2. The maximum absolute atomic E-state index is 10.6. The molecule has 106 valence electrons. The SMILES string of the molecule is NC(=O)C(O)CNCc1nnc(-c2ccccc2Br)o1. The second kappa shape index (κ2) is 6.60. The van der Waals surface area contributed by atoms with Gasteiger partial charge in [-0.15, -0.1) is 10.2 Å². The quantitative estimate of drug-likeness (QED) is 0.702. The molecule has 8 heteroatoms. The summed E-state index contributed by atoms with van der Waals surface area (Å²) in [5.74, 6) is -0.0333. The van der Waals surface area contributed by atoms with Gasteiger partial charge in [0, 0.05) is 11.0 Å². The van der Waals surface area contributed by atoms with Crippen LogP contribution in [0, 0.1) is 0 Å². The van der Waals surface area contributed by atoms with E-state index in [4.69, 9.17) is 10.2 Å². The van der Waals surface area contributed by atoms with Crippen molar-refractivity contribution in [3.05, 3.63) is 34.6 Å². The van der Waals surface area contributed by atoms with Gasteiger partial charge in [0.2, 0.25) is 17.7 Å². The Labute approximate surface area is 123 Å². The third-order valence-electron chi connectivity index (χ3n) is 2.51. The summed E-state index contributed by atoms with van der Waals surface area (Å²) in [4.78, 5) is 10.6. The number of nitrogens with zero attached hydrogens (tertiary/aromatic N) is 2. The molecule has 0 saturated carbocycles. The molecule has 0 saturated heterocycles. The number of rotatable bonds is 6. The van der Waals surface area contributed by atoms with Crippen LogP contribution in [0.2, 0.25) is 0 Å². The molecule has 1 heterocycles. The number of carbonyl (C=O) groups excluding carboxylic acids is 1. The van der Waals surface area contributed by atoms with Crippen LogP contribution in [0.3, 0.4) is 0 Å². The number of hydrogen-bond acceptors (Lipinski definition) is 6. The van der Waals surface area contributed by atoms with E-state index in [-0.39, 0.29) is 13.1 Å². The first-order valence-corrected chi connectivity index (χ1v) is 6.62. The van der Waals surface area contributed by atoms with Gasteiger partial charge in [0.15, 0.2) is 0 Å². The number of aliphatic hydroxyl groups is 1. The molecule has 2 aromatic rings. The van der Waals surface area contributed by atoms with Crippen molar-refractivity contribution in [1.29, 1.82) is 0 Å². The van der Waals surface area contributed by atoms with Crippen molar-refractivity contribution < 1.29 is 14.3 Å². The smallest absolute Gasteiger partial charge is 0.248 e. The highest BCUT2D eigenvalue weighted by molar-refractivity contribution is 9.10. The summed E-state index contributed by atoms with van der Waals surface area (Å²) in [7, 11) is 0. The Balaban J connectivity index is 1.96. The van der Waals surface area contributed by atoms with Crippen LogP contribution in [0.5, 0.6) is 0 Å². The molecule has 1 amide bonds. The topological polar surface area (TPSA) is 114 Å². The Bertz CT molecular complexity index is 602. The first kappa shape index (κ1) is 14.6. The minimum atomic E-state index is -1.24. The molecular weight excluding hydrogens is 328 g/mol. The molecule has 20 heavy (non-hydrogen) atoms. The minimum Gasteiger partial charge on any atom is -0.419 e. The second-order valence-electron chi connectivity index (χ2n) is 4.03. The van der Waals surface area contributed by atoms with Crippen LogP contribution in [-0.2, 0) is 11.3 Å². The molecule has 2 rings (SSSR count). The van der Waals surface area contributed by atoms with Gasteiger partial charge < -0.3 is 20.6 Å². The van der Waals surface area contributed by atoms with E-state index in [0.717, 1.165) is 10.0 Å². The van der Waals surface area contributed by atoms with E-state index < -0.39 is 12.0 Å². The molecule has 0 radical (unpaired) electrons. The number of benzene rings is 1. The van der Waals surface area contributed by atoms with Crippen molar-refractivity contribution in [1.82, 2.24) is 15.5 Å². The fourth-order valence-electron chi connectivity index (χ4n) is 1.48. The van der Waals surface area contributed by atoms with Gasteiger partial charge in [0.05, 0.1) is 12.1 Å². The number of primary amides is 1. The molecule has 0 aliphatic heterocycles. The van der Waals surface area contributed by atoms with Crippen LogP contribution < -0.4 is 11.1 Å². The predicted octanol–water partition coefficient (Wildman–Crippen LogP) is 0.435. The first-order chi connectivity index (χ1) is 9.58. The Morgan fingerprint density at radius 3 is 2.90 bits per heavy atom. The first-order valence-electron chi connectivity index (χ1n) is 5.83. The van der Waals surface area contributed by atoms with Crippen LogP contribution >= 0.6 is 15.9 Å². The standard InChI is InChI=1S/C12H13BrN4O3/c13-8-4-2-1-3-7(8)12-17-16-10(20-12)6-15-5-9(18)11(14)19/h1-4,9,15,18H,5-6H2,(H2,14,19). The van der Waals surface area contributed by atoms with Crippen molar-refractivity contribution in [3.63, 3.8) is 0 Å². The van der Waals surface area contributed by atoms with Crippen LogP contribution in [0.25, 0.3) is 11.5 Å². The zero-order valence-electron chi connectivity index (χ0n) is 10.4. The third kappa shape index (κ3) is 3.62. The Morgan fingerprint density at radius 1 is 1.45 bits per heavy atom. The molecule has 0 bridgehead atoms. The Morgan fingerprint density at radius 2 is 2.20 bits per heavy atom. The molecule has 1 aromatic carbocycles. The number of hydrogen-bond donors (Lipinski definition) is 3. The van der Waals surface area contributed by atoms with E-state index in [2.05, 4.69) is 31.4 Å². The van der Waals surface area contributed by atoms with Gasteiger partial charge in [-0.25, -0.2) is 0 Å². The highest BCUT2D eigenvalue weighted by atomic mass is 79.9. The molecule has 0 fully saturated rings. The summed E-state index contributed by atoms with van der Waals surface area (Å²) in [5.41, 5.74) is 5.72. The number of nitrogens with one attached hydrogen (secondary N) is 1. The average molecular weight is 341 g/mol. The Kier molecular flexibility index (Phi) is 4.83. The van der Waals surface area contributed by atoms with E-state index in [0.29, 0.717) is 11.8 Å². The monoisotopic (exact) mass is 340 g/mol. The molecule has 1 atom stereocenters. The molecule has 7 nitrogen and oxygen atoms in total. The van der Waals surface area contributed by atoms with Gasteiger partial charge in [-0.2, -0.15) is 0 Å². The molecule has 1 aromatic heterocycles. The lowest BCUT2D eigenvalue weighted by Gasteiger charge is -2.05. The lowest BCUT2D eigenvalue weighted by Crippen LogP contribution is -2.37. The van der Waals surface area contributed by atoms with E-state index in [1.54, 1.807) is 0 Å². The summed E-state index contributed by atoms with van der Waals surface area (Å²) in [5, 5.41) is 19.8. The fourth-order valence-corrected chi connectivity index (χ4v) is 1.94. The Hall–Kier alpha value is -1.77. The molecule has 1 unspecified atom stereocenters. The van der Waals surface area contributed by atoms with Crippen LogP contribution in [0.1, 0.15) is 5.89 Å². The highest BCUT2D eigenvalue weighted by Gasteiger charge is 2.13. The van der Waals surface area contributed by atoms with Gasteiger partial charge in [0.25, 0.3) is 0 Å². The number of carbonyl (C=O) groups is 1. The van der Waals surface area contributed by atoms with Gasteiger partial charge in [-0.1, -0.05) is 12.1 Å². The normalized spacial score (nSPS) is 12.3. The zero-order chi connectivity index (χ0) is 14.5. The van der Waals surface area contributed by atoms with Gasteiger partial charge in [-0.05, 0) is 28.1 Å². The van der Waals surface area contributed by atoms with E-state index in [1.165, 1.54) is 0 Å². The summed E-state index contributed by atoms with van der Waals surface area (Å²) in [6.45, 7) is 0.268. The van der Waals surface area contributed by atoms with E-state index in [9.17, 15) is 9.90 Å². The second-order valence-corrected chi connectivity index (χ2v) is 4.88. The minimum absolute atomic E-state index is 0.0298. The van der Waals surface area contributed by atoms with Crippen LogP contribution in [0.15, 0.2) is 33.2 Å². The van der Waals surface area contributed by atoms with Gasteiger partial charge in [-0.3, -0.25) is 4.79 Å². The van der Waals surface area contributed by atoms with E-state index in [1.807, 2.05) is 24.3 Å². The predicted molar refractivity (Wildman–Crippen MR) is 74.3 cm³/mol. The highest BCUT2D eigenvalue weighted by Crippen LogP contribution is 2.26. The van der Waals surface area contributed by atoms with Crippen molar-refractivity contribution in [2.45, 2.75) is 12.6 Å². The maximum atomic E-state index is 10.6. The third-order valence-corrected chi connectivity index (χ3v) is 3.20. The maximum Gasteiger partial charge on any atom is 0.248 e. The fraction of sp³-hybridized carbons (Fsp3) is 0.250. The van der Waals surface area contributed by atoms with Crippen molar-refractivity contribution in [3.8, 4) is 11.5 Å². The number of aliphatic hydroxyl groups excluding tert-OH is 1. The molecule has 0 spiro atoms. The number of amides is 1. The van der Waals surface area contributed by atoms with Gasteiger partial charge in [0.1, 0.15) is 6.10 Å². The zero-order valence-corrected chi connectivity index (χ0v) is 12.0. The molecule has 0 aliphatic rings. The summed E-state index contributed by atoms with van der Waals surface area (Å²) >= 11 is 3.40. The summed E-state index contributed by atoms with van der Waals surface area (Å²) in [6.07, 6.45) is -1.24. The largest absolute Gasteiger partial charge is 0.419 e. The lowest BCUT2D eigenvalue weighted by molar-refractivity contribution is -0.125. The van der Waals surface area contributed by atoms with Gasteiger partial charge >= 0.3 is 0 Å². The van der Waals surface area contributed by atoms with E-state index >= 15 is 0 Å². The van der Waals surface area contributed by atoms with Crippen LogP contribution in [-0.4, -0.2) is 33.9 Å². The number of nitrogens with two attached hydrogens (primary N) is 1. The summed E-state index contributed by atoms with van der Waals surface area (Å²) in [6, 6.07) is 7.48. The lowest BCUT2D eigenvalue weighted by atomic mass is 10.2. The van der Waals surface area contributed by atoms with Crippen molar-refractivity contribution in [2.24, 2.45) is 5.73 Å². The molecule has 0 aliphatic carbocycles.